The highest BCUT2D eigenvalue weighted by Crippen LogP contribution is 2.24. The van der Waals surface area contributed by atoms with Crippen LogP contribution in [0.15, 0.2) is 53.4 Å². The Kier molecular flexibility index (Phi) is 6.66. The van der Waals surface area contributed by atoms with Crippen molar-refractivity contribution >= 4 is 27.6 Å². The number of aryl methyl sites for hydroxylation is 1. The van der Waals surface area contributed by atoms with Crippen LogP contribution in [0.5, 0.6) is 0 Å². The molecule has 1 fully saturated rings. The second-order valence-corrected chi connectivity index (χ2v) is 8.81. The standard InChI is InChI=1S/C21H24N2O5S/c1-16-9-3-5-11-18(16)22-20(24)15-28-21(25)17-10-4-6-12-19(17)29(26,27)23-13-7-2-8-14-23/h3-6,9-12H,2,7-8,13-15H2,1H3,(H,22,24). The number of piperidine rings is 1. The SMILES string of the molecule is Cc1ccccc1NC(=O)COC(=O)c1ccccc1S(=O)(=O)N1CCCCC1. The molecule has 1 heterocycles. The molecule has 2 aromatic rings. The summed E-state index contributed by atoms with van der Waals surface area (Å²) >= 11 is 0. The molecule has 0 saturated carbocycles. The molecule has 0 aliphatic carbocycles. The summed E-state index contributed by atoms with van der Waals surface area (Å²) in [6.07, 6.45) is 2.58. The molecule has 154 valence electrons. The number of esters is 1. The van der Waals surface area contributed by atoms with Crippen LogP contribution in [-0.4, -0.2) is 44.3 Å². The Morgan fingerprint density at radius 2 is 1.66 bits per heavy atom. The number of carbonyl (C=O) groups excluding carboxylic acids is 2. The second-order valence-electron chi connectivity index (χ2n) is 6.90. The van der Waals surface area contributed by atoms with E-state index in [4.69, 9.17) is 4.74 Å². The minimum absolute atomic E-state index is 0.0678. The topological polar surface area (TPSA) is 92.8 Å². The Morgan fingerprint density at radius 1 is 1.00 bits per heavy atom. The van der Waals surface area contributed by atoms with Gasteiger partial charge in [0, 0.05) is 18.8 Å². The second kappa shape index (κ2) is 9.19. The largest absolute Gasteiger partial charge is 0.452 e. The third-order valence-corrected chi connectivity index (χ3v) is 6.75. The highest BCUT2D eigenvalue weighted by Gasteiger charge is 2.30. The van der Waals surface area contributed by atoms with E-state index >= 15 is 0 Å². The zero-order chi connectivity index (χ0) is 20.9. The van der Waals surface area contributed by atoms with Crippen LogP contribution in [0.4, 0.5) is 5.69 Å². The fraction of sp³-hybridized carbons (Fsp3) is 0.333. The van der Waals surface area contributed by atoms with Crippen molar-refractivity contribution in [3.8, 4) is 0 Å². The molecular weight excluding hydrogens is 392 g/mol. The van der Waals surface area contributed by atoms with Gasteiger partial charge < -0.3 is 10.1 Å². The molecule has 1 saturated heterocycles. The summed E-state index contributed by atoms with van der Waals surface area (Å²) in [5.41, 5.74) is 1.44. The van der Waals surface area contributed by atoms with Crippen molar-refractivity contribution in [3.63, 3.8) is 0 Å². The molecule has 0 bridgehead atoms. The third-order valence-electron chi connectivity index (χ3n) is 4.79. The fourth-order valence-electron chi connectivity index (χ4n) is 3.21. The summed E-state index contributed by atoms with van der Waals surface area (Å²) in [4.78, 5) is 24.6. The first kappa shape index (κ1) is 21.0. The van der Waals surface area contributed by atoms with E-state index in [-0.39, 0.29) is 10.5 Å². The van der Waals surface area contributed by atoms with Crippen molar-refractivity contribution in [2.24, 2.45) is 0 Å². The van der Waals surface area contributed by atoms with Crippen LogP contribution in [-0.2, 0) is 19.6 Å². The molecule has 29 heavy (non-hydrogen) atoms. The lowest BCUT2D eigenvalue weighted by Gasteiger charge is -2.26. The first-order valence-electron chi connectivity index (χ1n) is 9.51. The van der Waals surface area contributed by atoms with Crippen LogP contribution in [0.3, 0.4) is 0 Å². The van der Waals surface area contributed by atoms with Crippen LogP contribution < -0.4 is 5.32 Å². The lowest BCUT2D eigenvalue weighted by molar-refractivity contribution is -0.119. The quantitative estimate of drug-likeness (QED) is 0.731. The molecule has 0 spiro atoms. The molecule has 1 N–H and O–H groups in total. The maximum Gasteiger partial charge on any atom is 0.340 e. The number of hydrogen-bond acceptors (Lipinski definition) is 5. The molecule has 7 nitrogen and oxygen atoms in total. The Balaban J connectivity index is 1.70. The highest BCUT2D eigenvalue weighted by atomic mass is 32.2. The zero-order valence-corrected chi connectivity index (χ0v) is 17.1. The van der Waals surface area contributed by atoms with Gasteiger partial charge in [-0.15, -0.1) is 0 Å². The summed E-state index contributed by atoms with van der Waals surface area (Å²) in [5, 5.41) is 2.67. The third kappa shape index (κ3) is 5.02. The van der Waals surface area contributed by atoms with Crippen LogP contribution in [0.25, 0.3) is 0 Å². The number of sulfonamides is 1. The lowest BCUT2D eigenvalue weighted by atomic mass is 10.2. The van der Waals surface area contributed by atoms with Gasteiger partial charge in [0.25, 0.3) is 5.91 Å². The van der Waals surface area contributed by atoms with Gasteiger partial charge in [-0.3, -0.25) is 4.79 Å². The Hall–Kier alpha value is -2.71. The summed E-state index contributed by atoms with van der Waals surface area (Å²) in [6.45, 7) is 2.21. The van der Waals surface area contributed by atoms with Crippen LogP contribution in [0.2, 0.25) is 0 Å². The van der Waals surface area contributed by atoms with Crippen LogP contribution >= 0.6 is 0 Å². The molecule has 0 radical (unpaired) electrons. The van der Waals surface area contributed by atoms with E-state index in [1.807, 2.05) is 19.1 Å². The monoisotopic (exact) mass is 416 g/mol. The number of nitrogens with zero attached hydrogens (tertiary/aromatic N) is 1. The van der Waals surface area contributed by atoms with E-state index in [1.54, 1.807) is 24.3 Å². The molecule has 2 aromatic carbocycles. The Morgan fingerprint density at radius 3 is 2.38 bits per heavy atom. The number of para-hydroxylation sites is 1. The maximum atomic E-state index is 13.0. The average molecular weight is 416 g/mol. The first-order chi connectivity index (χ1) is 13.9. The van der Waals surface area contributed by atoms with Crippen molar-refractivity contribution in [1.29, 1.82) is 0 Å². The van der Waals surface area contributed by atoms with Crippen LogP contribution in [0, 0.1) is 6.92 Å². The number of carbonyl (C=O) groups is 2. The smallest absolute Gasteiger partial charge is 0.340 e. The summed E-state index contributed by atoms with van der Waals surface area (Å²) < 4.78 is 32.4. The number of benzene rings is 2. The number of anilines is 1. The molecule has 1 aliphatic rings. The van der Waals surface area contributed by atoms with Gasteiger partial charge in [0.1, 0.15) is 0 Å². The molecule has 1 aliphatic heterocycles. The number of nitrogens with one attached hydrogen (secondary N) is 1. The minimum atomic E-state index is -3.80. The Bertz CT molecular complexity index is 998. The van der Waals surface area contributed by atoms with Gasteiger partial charge in [-0.2, -0.15) is 4.31 Å². The maximum absolute atomic E-state index is 13.0. The lowest BCUT2D eigenvalue weighted by Crippen LogP contribution is -2.36. The Labute approximate surface area is 170 Å². The predicted octanol–water partition coefficient (Wildman–Crippen LogP) is 2.97. The summed E-state index contributed by atoms with van der Waals surface area (Å²) in [5.74, 6) is -1.34. The molecule has 0 unspecified atom stereocenters. The normalized spacial score (nSPS) is 14.9. The minimum Gasteiger partial charge on any atom is -0.452 e. The van der Waals surface area contributed by atoms with E-state index < -0.39 is 28.5 Å². The van der Waals surface area contributed by atoms with Gasteiger partial charge in [0.05, 0.1) is 10.5 Å². The van der Waals surface area contributed by atoms with Crippen LogP contribution in [0.1, 0.15) is 35.2 Å². The number of hydrogen-bond donors (Lipinski definition) is 1. The number of ether oxygens (including phenoxy) is 1. The zero-order valence-electron chi connectivity index (χ0n) is 16.3. The van der Waals surface area contributed by atoms with Gasteiger partial charge in [0.2, 0.25) is 10.0 Å². The highest BCUT2D eigenvalue weighted by molar-refractivity contribution is 7.89. The van der Waals surface area contributed by atoms with E-state index in [0.717, 1.165) is 24.8 Å². The van der Waals surface area contributed by atoms with Gasteiger partial charge in [0.15, 0.2) is 6.61 Å². The summed E-state index contributed by atoms with van der Waals surface area (Å²) in [7, 11) is -3.80. The van der Waals surface area contributed by atoms with Crippen molar-refractivity contribution < 1.29 is 22.7 Å². The average Bonchev–Trinajstić information content (AvgIpc) is 2.74. The molecule has 8 heteroatoms. The number of rotatable bonds is 6. The molecule has 0 aromatic heterocycles. The first-order valence-corrected chi connectivity index (χ1v) is 11.0. The van der Waals surface area contributed by atoms with E-state index in [9.17, 15) is 18.0 Å². The predicted molar refractivity (Wildman–Crippen MR) is 109 cm³/mol. The van der Waals surface area contributed by atoms with E-state index in [0.29, 0.717) is 18.8 Å². The van der Waals surface area contributed by atoms with Crippen molar-refractivity contribution in [2.75, 3.05) is 25.0 Å². The number of amides is 1. The molecule has 3 rings (SSSR count). The molecule has 1 amide bonds. The molecule has 0 atom stereocenters. The van der Waals surface area contributed by atoms with Crippen molar-refractivity contribution in [1.82, 2.24) is 4.31 Å². The molecular formula is C21H24N2O5S. The van der Waals surface area contributed by atoms with Gasteiger partial charge in [-0.25, -0.2) is 13.2 Å². The van der Waals surface area contributed by atoms with E-state index in [1.165, 1.54) is 16.4 Å². The van der Waals surface area contributed by atoms with Crippen molar-refractivity contribution in [2.45, 2.75) is 31.1 Å². The van der Waals surface area contributed by atoms with Gasteiger partial charge in [-0.1, -0.05) is 36.8 Å². The van der Waals surface area contributed by atoms with Gasteiger partial charge in [-0.05, 0) is 43.5 Å². The summed E-state index contributed by atoms with van der Waals surface area (Å²) in [6, 6.07) is 13.2. The van der Waals surface area contributed by atoms with E-state index in [2.05, 4.69) is 5.32 Å². The van der Waals surface area contributed by atoms with Crippen molar-refractivity contribution in [3.05, 3.63) is 59.7 Å². The van der Waals surface area contributed by atoms with Gasteiger partial charge >= 0.3 is 5.97 Å². The fourth-order valence-corrected chi connectivity index (χ4v) is 4.91.